The van der Waals surface area contributed by atoms with E-state index in [0.717, 1.165) is 68.7 Å². The van der Waals surface area contributed by atoms with Crippen LogP contribution in [0.2, 0.25) is 0 Å². The van der Waals surface area contributed by atoms with Gasteiger partial charge < -0.3 is 9.64 Å². The summed E-state index contributed by atoms with van der Waals surface area (Å²) in [5, 5.41) is 0. The number of ketones is 1. The number of hydrogen-bond donors (Lipinski definition) is 0. The van der Waals surface area contributed by atoms with Crippen LogP contribution >= 0.6 is 0 Å². The Morgan fingerprint density at radius 3 is 2.21 bits per heavy atom. The van der Waals surface area contributed by atoms with Crippen molar-refractivity contribution in [2.45, 2.75) is 50.9 Å². The van der Waals surface area contributed by atoms with Crippen LogP contribution in [0, 0.1) is 5.92 Å². The molecule has 0 radical (unpaired) electrons. The van der Waals surface area contributed by atoms with E-state index in [1.807, 2.05) is 12.4 Å². The number of alkyl halides is 3. The van der Waals surface area contributed by atoms with E-state index in [0.29, 0.717) is 36.9 Å². The first-order chi connectivity index (χ1) is 18.8. The van der Waals surface area contributed by atoms with Crippen molar-refractivity contribution in [1.82, 2.24) is 19.9 Å². The van der Waals surface area contributed by atoms with Crippen LogP contribution in [-0.4, -0.2) is 57.9 Å². The maximum Gasteiger partial charge on any atom is 0.416 e. The first-order valence-electron chi connectivity index (χ1n) is 13.4. The molecule has 3 aromatic rings. The van der Waals surface area contributed by atoms with Crippen LogP contribution in [0.5, 0.6) is 5.75 Å². The average molecular weight is 540 g/mol. The highest BCUT2D eigenvalue weighted by Gasteiger charge is 2.30. The fourth-order valence-electron chi connectivity index (χ4n) is 5.29. The molecule has 0 aliphatic carbocycles. The van der Waals surface area contributed by atoms with Gasteiger partial charge in [0, 0.05) is 62.5 Å². The van der Waals surface area contributed by atoms with Gasteiger partial charge in [0.05, 0.1) is 11.8 Å². The third kappa shape index (κ3) is 7.32. The summed E-state index contributed by atoms with van der Waals surface area (Å²) in [7, 11) is 0. The largest absolute Gasteiger partial charge is 0.489 e. The van der Waals surface area contributed by atoms with Crippen molar-refractivity contribution in [1.29, 1.82) is 0 Å². The van der Waals surface area contributed by atoms with Crippen LogP contribution < -0.4 is 9.64 Å². The Balaban J connectivity index is 1.04. The summed E-state index contributed by atoms with van der Waals surface area (Å²) in [6.45, 7) is 4.12. The number of carbonyl (C=O) groups excluding carboxylic acids is 1. The number of pyridine rings is 1. The second-order valence-corrected chi connectivity index (χ2v) is 10.3. The Bertz CT molecular complexity index is 1210. The van der Waals surface area contributed by atoms with Crippen molar-refractivity contribution in [2.75, 3.05) is 31.1 Å². The number of carbonyl (C=O) groups is 1. The number of Topliss-reactive ketones (excluding diaryl/α,β-unsaturated/α-hetero) is 1. The minimum Gasteiger partial charge on any atom is -0.489 e. The Morgan fingerprint density at radius 2 is 1.59 bits per heavy atom. The van der Waals surface area contributed by atoms with Gasteiger partial charge >= 0.3 is 6.18 Å². The number of rotatable bonds is 8. The van der Waals surface area contributed by atoms with Crippen LogP contribution in [0.25, 0.3) is 0 Å². The maximum atomic E-state index is 12.8. The molecule has 0 amide bonds. The first-order valence-corrected chi connectivity index (χ1v) is 13.4. The normalized spacial score (nSPS) is 17.8. The van der Waals surface area contributed by atoms with E-state index in [1.54, 1.807) is 18.3 Å². The summed E-state index contributed by atoms with van der Waals surface area (Å²) >= 11 is 0. The molecule has 206 valence electrons. The number of nitrogens with zero attached hydrogens (tertiary/aromatic N) is 5. The van der Waals surface area contributed by atoms with Crippen molar-refractivity contribution >= 4 is 11.5 Å². The van der Waals surface area contributed by atoms with Crippen LogP contribution in [0.1, 0.15) is 53.7 Å². The highest BCUT2D eigenvalue weighted by atomic mass is 19.4. The summed E-state index contributed by atoms with van der Waals surface area (Å²) in [5.74, 6) is 1.03. The Morgan fingerprint density at radius 1 is 0.897 bits per heavy atom. The molecule has 10 heteroatoms. The molecule has 0 unspecified atom stereocenters. The van der Waals surface area contributed by atoms with E-state index in [2.05, 4.69) is 24.8 Å². The first kappa shape index (κ1) is 27.1. The molecule has 0 bridgehead atoms. The molecule has 4 heterocycles. The van der Waals surface area contributed by atoms with E-state index < -0.39 is 11.7 Å². The number of likely N-dealkylation sites (tertiary alicyclic amines) is 1. The van der Waals surface area contributed by atoms with E-state index in [9.17, 15) is 18.0 Å². The molecular weight excluding hydrogens is 507 g/mol. The van der Waals surface area contributed by atoms with E-state index in [4.69, 9.17) is 4.74 Å². The zero-order valence-electron chi connectivity index (χ0n) is 21.7. The highest BCUT2D eigenvalue weighted by Crippen LogP contribution is 2.31. The van der Waals surface area contributed by atoms with Gasteiger partial charge in [0.25, 0.3) is 0 Å². The molecule has 2 aliphatic heterocycles. The predicted octanol–water partition coefficient (Wildman–Crippen LogP) is 5.42. The van der Waals surface area contributed by atoms with Crippen LogP contribution in [-0.2, 0) is 12.7 Å². The predicted molar refractivity (Wildman–Crippen MR) is 141 cm³/mol. The van der Waals surface area contributed by atoms with E-state index in [1.165, 1.54) is 18.5 Å². The smallest absolute Gasteiger partial charge is 0.416 e. The fraction of sp³-hybridized carbons (Fsp3) is 0.448. The topological polar surface area (TPSA) is 71.5 Å². The van der Waals surface area contributed by atoms with Crippen molar-refractivity contribution in [3.05, 3.63) is 78.1 Å². The van der Waals surface area contributed by atoms with Gasteiger partial charge in [-0.25, -0.2) is 15.0 Å². The minimum absolute atomic E-state index is 0.00770. The monoisotopic (exact) mass is 539 g/mol. The highest BCUT2D eigenvalue weighted by molar-refractivity contribution is 5.94. The van der Waals surface area contributed by atoms with Gasteiger partial charge in [-0.15, -0.1) is 0 Å². The van der Waals surface area contributed by atoms with Crippen molar-refractivity contribution in [2.24, 2.45) is 5.92 Å². The zero-order valence-corrected chi connectivity index (χ0v) is 21.7. The summed E-state index contributed by atoms with van der Waals surface area (Å²) in [4.78, 5) is 29.8. The van der Waals surface area contributed by atoms with Crippen molar-refractivity contribution < 1.29 is 22.7 Å². The molecule has 2 aliphatic rings. The standard InChI is InChI=1S/C29H32F3N5O2/c30-29(31,32)23-1-3-24(4-2-23)37-13-9-25(10-14-37)39-26-5-6-27(35-18-26)28(38)15-21-7-11-36(12-8-21)19-22-16-33-20-34-17-22/h1-6,16-18,20-21,25H,7-15,19H2. The van der Waals surface area contributed by atoms with Gasteiger partial charge in [-0.2, -0.15) is 13.2 Å². The van der Waals surface area contributed by atoms with Gasteiger partial charge in [-0.3, -0.25) is 9.69 Å². The van der Waals surface area contributed by atoms with Gasteiger partial charge in [0.2, 0.25) is 0 Å². The van der Waals surface area contributed by atoms with Gasteiger partial charge in [0.15, 0.2) is 5.78 Å². The second kappa shape index (κ2) is 12.1. The maximum absolute atomic E-state index is 12.8. The molecule has 2 fully saturated rings. The molecule has 5 rings (SSSR count). The van der Waals surface area contributed by atoms with Crippen LogP contribution in [0.4, 0.5) is 18.9 Å². The van der Waals surface area contributed by atoms with Crippen LogP contribution in [0.15, 0.2) is 61.3 Å². The molecule has 2 saturated heterocycles. The molecule has 0 atom stereocenters. The molecule has 0 N–H and O–H groups in total. The van der Waals surface area contributed by atoms with Gasteiger partial charge in [0.1, 0.15) is 23.9 Å². The molecule has 0 spiro atoms. The molecule has 39 heavy (non-hydrogen) atoms. The summed E-state index contributed by atoms with van der Waals surface area (Å²) in [5.41, 5.74) is 1.70. The van der Waals surface area contributed by atoms with E-state index >= 15 is 0 Å². The lowest BCUT2D eigenvalue weighted by atomic mass is 9.90. The van der Waals surface area contributed by atoms with Gasteiger partial charge in [-0.1, -0.05) is 0 Å². The summed E-state index contributed by atoms with van der Waals surface area (Å²) < 4.78 is 44.5. The number of hydrogen-bond acceptors (Lipinski definition) is 7. The van der Waals surface area contributed by atoms with Crippen LogP contribution in [0.3, 0.4) is 0 Å². The molecule has 7 nitrogen and oxygen atoms in total. The average Bonchev–Trinajstić information content (AvgIpc) is 2.95. The van der Waals surface area contributed by atoms with Crippen molar-refractivity contribution in [3.63, 3.8) is 0 Å². The Hall–Kier alpha value is -3.53. The lowest BCUT2D eigenvalue weighted by molar-refractivity contribution is -0.137. The number of piperidine rings is 2. The minimum atomic E-state index is -4.33. The number of anilines is 1. The molecule has 0 saturated carbocycles. The molecular formula is C29H32F3N5O2. The SMILES string of the molecule is O=C(CC1CCN(Cc2cncnc2)CC1)c1ccc(OC2CCN(c3ccc(C(F)(F)F)cc3)CC2)cn1. The third-order valence-corrected chi connectivity index (χ3v) is 7.53. The fourth-order valence-corrected chi connectivity index (χ4v) is 5.29. The summed E-state index contributed by atoms with van der Waals surface area (Å²) in [6.07, 6.45) is 6.44. The number of ether oxygens (including phenoxy) is 1. The third-order valence-electron chi connectivity index (χ3n) is 7.53. The molecule has 2 aromatic heterocycles. The summed E-state index contributed by atoms with van der Waals surface area (Å²) in [6, 6.07) is 8.82. The number of halogens is 3. The Kier molecular flexibility index (Phi) is 8.40. The lowest BCUT2D eigenvalue weighted by Gasteiger charge is -2.33. The quantitative estimate of drug-likeness (QED) is 0.354. The number of aromatic nitrogens is 3. The molecule has 1 aromatic carbocycles. The number of benzene rings is 1. The zero-order chi connectivity index (χ0) is 27.2. The van der Waals surface area contributed by atoms with Gasteiger partial charge in [-0.05, 0) is 68.2 Å². The Labute approximate surface area is 226 Å². The van der Waals surface area contributed by atoms with Crippen molar-refractivity contribution in [3.8, 4) is 5.75 Å². The second-order valence-electron chi connectivity index (χ2n) is 10.3. The lowest BCUT2D eigenvalue weighted by Crippen LogP contribution is -2.38. The van der Waals surface area contributed by atoms with E-state index in [-0.39, 0.29) is 11.9 Å².